The Morgan fingerprint density at radius 2 is 1.40 bits per heavy atom. The van der Waals surface area contributed by atoms with Gasteiger partial charge >= 0.3 is 5.97 Å². The Bertz CT molecular complexity index is 246. The lowest BCUT2D eigenvalue weighted by molar-refractivity contribution is -0.887. The molecule has 0 unspecified atom stereocenters. The van der Waals surface area contributed by atoms with Gasteiger partial charge in [0.1, 0.15) is 0 Å². The summed E-state index contributed by atoms with van der Waals surface area (Å²) in [5.41, 5.74) is 0. The Balaban J connectivity index is 3.84. The zero-order valence-corrected chi connectivity index (χ0v) is 14.4. The van der Waals surface area contributed by atoms with E-state index < -0.39 is 0 Å². The van der Waals surface area contributed by atoms with Gasteiger partial charge in [0.15, 0.2) is 6.04 Å². The van der Waals surface area contributed by atoms with E-state index in [2.05, 4.69) is 28.1 Å². The Labute approximate surface area is 126 Å². The highest BCUT2D eigenvalue weighted by molar-refractivity contribution is 5.74. The van der Waals surface area contributed by atoms with Crippen molar-refractivity contribution >= 4 is 5.97 Å². The third-order valence-corrected chi connectivity index (χ3v) is 3.82. The molecule has 3 heteroatoms. The lowest BCUT2D eigenvalue weighted by atomic mass is 10.0. The van der Waals surface area contributed by atoms with E-state index in [1.807, 2.05) is 6.92 Å². The van der Waals surface area contributed by atoms with Crippen LogP contribution in [0.4, 0.5) is 0 Å². The average molecular weight is 286 g/mol. The number of carbonyl (C=O) groups is 1. The zero-order valence-electron chi connectivity index (χ0n) is 14.4. The van der Waals surface area contributed by atoms with Gasteiger partial charge in [-0.1, -0.05) is 51.9 Å². The van der Waals surface area contributed by atoms with Crippen LogP contribution in [0.1, 0.15) is 71.6 Å². The molecule has 0 amide bonds. The predicted octanol–water partition coefficient (Wildman–Crippen LogP) is 4.16. The number of unbranched alkanes of at least 4 members (excludes halogenated alkanes) is 7. The molecule has 0 saturated heterocycles. The molecule has 0 heterocycles. The number of carbonyl (C=O) groups excluding carboxylic acids is 1. The van der Waals surface area contributed by atoms with Gasteiger partial charge in [-0.2, -0.15) is 0 Å². The number of ether oxygens (including phenoxy) is 1. The molecule has 0 fully saturated rings. The SMILES string of the molecule is CCCCCCCCCC[C@H](C(=O)OCC)[N+](C)(C)C. The van der Waals surface area contributed by atoms with Gasteiger partial charge in [-0.3, -0.25) is 0 Å². The summed E-state index contributed by atoms with van der Waals surface area (Å²) < 4.78 is 5.86. The highest BCUT2D eigenvalue weighted by Crippen LogP contribution is 2.16. The largest absolute Gasteiger partial charge is 0.462 e. The molecule has 0 aliphatic rings. The van der Waals surface area contributed by atoms with Crippen molar-refractivity contribution in [3.05, 3.63) is 0 Å². The molecule has 0 saturated carbocycles. The van der Waals surface area contributed by atoms with E-state index in [1.165, 1.54) is 44.9 Å². The summed E-state index contributed by atoms with van der Waals surface area (Å²) in [5.74, 6) is -0.0389. The van der Waals surface area contributed by atoms with Crippen LogP contribution < -0.4 is 0 Å². The van der Waals surface area contributed by atoms with Gasteiger partial charge in [0.25, 0.3) is 0 Å². The lowest BCUT2D eigenvalue weighted by Gasteiger charge is -2.32. The van der Waals surface area contributed by atoms with Crippen molar-refractivity contribution in [2.45, 2.75) is 77.7 Å². The molecule has 0 radical (unpaired) electrons. The molecule has 0 spiro atoms. The third kappa shape index (κ3) is 9.35. The van der Waals surface area contributed by atoms with Crippen molar-refractivity contribution in [3.63, 3.8) is 0 Å². The minimum Gasteiger partial charge on any atom is -0.462 e. The van der Waals surface area contributed by atoms with E-state index in [-0.39, 0.29) is 12.0 Å². The van der Waals surface area contributed by atoms with E-state index in [0.29, 0.717) is 11.1 Å². The van der Waals surface area contributed by atoms with Gasteiger partial charge in [0.05, 0.1) is 27.7 Å². The monoisotopic (exact) mass is 286 g/mol. The Kier molecular flexibility index (Phi) is 10.8. The Morgan fingerprint density at radius 1 is 0.900 bits per heavy atom. The van der Waals surface area contributed by atoms with E-state index in [9.17, 15) is 4.79 Å². The molecule has 0 N–H and O–H groups in total. The number of likely N-dealkylation sites (N-methyl/N-ethyl adjacent to an activating group) is 1. The second kappa shape index (κ2) is 11.1. The van der Waals surface area contributed by atoms with Crippen molar-refractivity contribution in [1.29, 1.82) is 0 Å². The van der Waals surface area contributed by atoms with Crippen LogP contribution in [0.2, 0.25) is 0 Å². The van der Waals surface area contributed by atoms with Gasteiger partial charge in [0.2, 0.25) is 0 Å². The Morgan fingerprint density at radius 3 is 1.85 bits per heavy atom. The molecule has 1 atom stereocenters. The number of hydrogen-bond donors (Lipinski definition) is 0. The molecule has 0 aliphatic heterocycles. The molecule has 120 valence electrons. The predicted molar refractivity (Wildman–Crippen MR) is 85.7 cm³/mol. The summed E-state index contributed by atoms with van der Waals surface area (Å²) in [7, 11) is 6.23. The normalized spacial score (nSPS) is 13.2. The molecule has 0 aromatic heterocycles. The summed E-state index contributed by atoms with van der Waals surface area (Å²) in [4.78, 5) is 12.0. The van der Waals surface area contributed by atoms with Crippen molar-refractivity contribution < 1.29 is 14.0 Å². The van der Waals surface area contributed by atoms with Gasteiger partial charge in [-0.25, -0.2) is 4.79 Å². The number of hydrogen-bond acceptors (Lipinski definition) is 2. The zero-order chi connectivity index (χ0) is 15.4. The van der Waals surface area contributed by atoms with E-state index >= 15 is 0 Å². The van der Waals surface area contributed by atoms with Gasteiger partial charge in [-0.05, 0) is 13.3 Å². The maximum Gasteiger partial charge on any atom is 0.364 e. The first kappa shape index (κ1) is 19.4. The molecule has 0 aromatic carbocycles. The summed E-state index contributed by atoms with van der Waals surface area (Å²) in [6.07, 6.45) is 11.4. The van der Waals surface area contributed by atoms with Crippen molar-refractivity contribution in [3.8, 4) is 0 Å². The van der Waals surface area contributed by atoms with Crippen LogP contribution in [0.5, 0.6) is 0 Å². The highest BCUT2D eigenvalue weighted by atomic mass is 16.5. The fraction of sp³-hybridized carbons (Fsp3) is 0.941. The van der Waals surface area contributed by atoms with Crippen molar-refractivity contribution in [2.24, 2.45) is 0 Å². The minimum absolute atomic E-state index is 0.0185. The number of quaternary nitrogens is 1. The molecule has 0 aromatic rings. The summed E-state index contributed by atoms with van der Waals surface area (Å²) in [5, 5.41) is 0. The van der Waals surface area contributed by atoms with Crippen LogP contribution in [-0.4, -0.2) is 44.2 Å². The van der Waals surface area contributed by atoms with Crippen LogP contribution in [0.15, 0.2) is 0 Å². The number of esters is 1. The van der Waals surface area contributed by atoms with Gasteiger partial charge in [0, 0.05) is 6.42 Å². The minimum atomic E-state index is -0.0389. The van der Waals surface area contributed by atoms with Crippen LogP contribution >= 0.6 is 0 Å². The third-order valence-electron chi connectivity index (χ3n) is 3.82. The molecule has 0 rings (SSSR count). The quantitative estimate of drug-likeness (QED) is 0.306. The molecule has 0 aliphatic carbocycles. The molecular formula is C17H36NO2+. The Hall–Kier alpha value is -0.570. The maximum absolute atomic E-state index is 12.0. The highest BCUT2D eigenvalue weighted by Gasteiger charge is 2.32. The molecule has 0 bridgehead atoms. The molecular weight excluding hydrogens is 250 g/mol. The average Bonchev–Trinajstić information content (AvgIpc) is 2.35. The first-order valence-corrected chi connectivity index (χ1v) is 8.41. The van der Waals surface area contributed by atoms with Crippen molar-refractivity contribution in [1.82, 2.24) is 0 Å². The second-order valence-corrected chi connectivity index (χ2v) is 6.65. The number of nitrogens with zero attached hydrogens (tertiary/aromatic N) is 1. The summed E-state index contributed by atoms with van der Waals surface area (Å²) >= 11 is 0. The summed E-state index contributed by atoms with van der Waals surface area (Å²) in [6, 6.07) is -0.0185. The van der Waals surface area contributed by atoms with Crippen LogP contribution in [0.25, 0.3) is 0 Å². The number of rotatable bonds is 12. The first-order valence-electron chi connectivity index (χ1n) is 8.41. The first-order chi connectivity index (χ1) is 9.43. The van der Waals surface area contributed by atoms with Crippen LogP contribution in [0, 0.1) is 0 Å². The molecule has 20 heavy (non-hydrogen) atoms. The van der Waals surface area contributed by atoms with E-state index in [1.54, 1.807) is 0 Å². The van der Waals surface area contributed by atoms with Crippen LogP contribution in [-0.2, 0) is 9.53 Å². The fourth-order valence-corrected chi connectivity index (χ4v) is 2.53. The summed E-state index contributed by atoms with van der Waals surface area (Å²) in [6.45, 7) is 4.61. The lowest BCUT2D eigenvalue weighted by Crippen LogP contribution is -2.50. The van der Waals surface area contributed by atoms with E-state index in [0.717, 1.165) is 12.8 Å². The standard InChI is InChI=1S/C17H36NO2/c1-6-8-9-10-11-12-13-14-15-16(18(3,4)5)17(19)20-7-2/h16H,6-15H2,1-5H3/q+1/t16-/m1/s1. The van der Waals surface area contributed by atoms with Gasteiger partial charge < -0.3 is 9.22 Å². The van der Waals surface area contributed by atoms with Crippen molar-refractivity contribution in [2.75, 3.05) is 27.7 Å². The van der Waals surface area contributed by atoms with Crippen LogP contribution in [0.3, 0.4) is 0 Å². The van der Waals surface area contributed by atoms with E-state index in [4.69, 9.17) is 4.74 Å². The topological polar surface area (TPSA) is 26.3 Å². The fourth-order valence-electron chi connectivity index (χ4n) is 2.53. The van der Waals surface area contributed by atoms with Gasteiger partial charge in [-0.15, -0.1) is 0 Å². The smallest absolute Gasteiger partial charge is 0.364 e. The maximum atomic E-state index is 12.0. The second-order valence-electron chi connectivity index (χ2n) is 6.65. The molecule has 3 nitrogen and oxygen atoms in total.